The summed E-state index contributed by atoms with van der Waals surface area (Å²) in [6.45, 7) is 3.80. The molecular formula is C18H37Na3O9S. The molecular weight excluding hydrogens is 461 g/mol. The van der Waals surface area contributed by atoms with Gasteiger partial charge in [0.1, 0.15) is 0 Å². The third kappa shape index (κ3) is 20.8. The predicted molar refractivity (Wildman–Crippen MR) is 124 cm³/mol. The van der Waals surface area contributed by atoms with E-state index in [1.807, 2.05) is 0 Å². The molecule has 31 heavy (non-hydrogen) atoms. The first kappa shape index (κ1) is 40.0. The van der Waals surface area contributed by atoms with Gasteiger partial charge in [-0.05, 0) is 13.3 Å². The van der Waals surface area contributed by atoms with Crippen LogP contribution in [0.1, 0.15) is 78.1 Å². The Kier molecular flexibility index (Phi) is 30.3. The molecule has 0 aliphatic rings. The first-order valence-electron chi connectivity index (χ1n) is 9.80. The van der Waals surface area contributed by atoms with Crippen LogP contribution in [0.3, 0.4) is 0 Å². The summed E-state index contributed by atoms with van der Waals surface area (Å²) in [7, 11) is -5.16. The summed E-state index contributed by atoms with van der Waals surface area (Å²) in [6, 6.07) is 0. The summed E-state index contributed by atoms with van der Waals surface area (Å²) < 4.78 is 41.5. The minimum atomic E-state index is -5.16. The summed E-state index contributed by atoms with van der Waals surface area (Å²) in [5.74, 6) is -3.84. The van der Waals surface area contributed by atoms with Crippen molar-refractivity contribution in [1.29, 1.82) is 0 Å². The van der Waals surface area contributed by atoms with Crippen molar-refractivity contribution >= 4 is 111 Å². The second kappa shape index (κ2) is 23.5. The number of carboxylic acids is 2. The van der Waals surface area contributed by atoms with Gasteiger partial charge >= 0.3 is 101 Å². The Bertz CT molecular complexity index is 561. The van der Waals surface area contributed by atoms with Crippen LogP contribution in [0.2, 0.25) is 0 Å². The molecule has 0 spiro atoms. The molecule has 0 radical (unpaired) electrons. The molecule has 0 aromatic rings. The zero-order valence-electron chi connectivity index (χ0n) is 16.7. The van der Waals surface area contributed by atoms with Crippen molar-refractivity contribution in [3.63, 3.8) is 0 Å². The maximum atomic E-state index is 11.2. The molecule has 9 nitrogen and oxygen atoms in total. The van der Waals surface area contributed by atoms with E-state index >= 15 is 0 Å². The van der Waals surface area contributed by atoms with E-state index in [0.29, 0.717) is 0 Å². The number of hydrogen-bond acceptors (Lipinski definition) is 6. The van der Waals surface area contributed by atoms with Crippen LogP contribution in [0.5, 0.6) is 0 Å². The van der Waals surface area contributed by atoms with Gasteiger partial charge in [-0.1, -0.05) is 64.7 Å². The van der Waals surface area contributed by atoms with Gasteiger partial charge in [0, 0.05) is 6.61 Å². The van der Waals surface area contributed by atoms with E-state index in [4.69, 9.17) is 24.2 Å². The molecule has 0 aliphatic heterocycles. The molecule has 0 aliphatic carbocycles. The van der Waals surface area contributed by atoms with Crippen LogP contribution in [0.15, 0.2) is 0 Å². The minimum absolute atomic E-state index is 0. The van der Waals surface area contributed by atoms with Crippen LogP contribution in [-0.4, -0.2) is 148 Å². The Morgan fingerprint density at radius 2 is 1.23 bits per heavy atom. The van der Waals surface area contributed by atoms with Gasteiger partial charge in [-0.15, -0.1) is 0 Å². The van der Waals surface area contributed by atoms with Crippen molar-refractivity contribution in [2.24, 2.45) is 0 Å². The Morgan fingerprint density at radius 3 is 1.58 bits per heavy atom. The molecule has 0 heterocycles. The molecule has 3 N–H and O–H groups in total. The van der Waals surface area contributed by atoms with Crippen LogP contribution in [-0.2, 0) is 29.2 Å². The van der Waals surface area contributed by atoms with Crippen LogP contribution < -0.4 is 0 Å². The number of carboxylic acid groups (broad SMARTS) is 2. The average Bonchev–Trinajstić information content (AvgIpc) is 2.57. The second-order valence-corrected chi connectivity index (χ2v) is 8.33. The van der Waals surface area contributed by atoms with Gasteiger partial charge in [-0.3, -0.25) is 9.35 Å². The van der Waals surface area contributed by atoms with Crippen molar-refractivity contribution in [3.05, 3.63) is 0 Å². The standard InChI is InChI=1S/C18H34O9S.3Na.3H/c1-3-4-5-6-7-8-9-10-11-12-13-26-14(2)27-15(17(19)20)16(18(21)22)28(23,24)25;;;;;;/h14-16H,3-13H2,1-2H3,(H,19,20)(H,21,22)(H,23,24,25);;;;;;. The van der Waals surface area contributed by atoms with E-state index in [2.05, 4.69) is 6.92 Å². The van der Waals surface area contributed by atoms with Gasteiger partial charge in [-0.25, -0.2) is 4.79 Å². The number of ether oxygens (including phenoxy) is 2. The molecule has 0 saturated heterocycles. The number of rotatable bonds is 18. The van der Waals surface area contributed by atoms with Crippen molar-refractivity contribution in [2.45, 2.75) is 95.7 Å². The normalized spacial score (nSPS) is 13.6. The van der Waals surface area contributed by atoms with Gasteiger partial charge < -0.3 is 19.7 Å². The van der Waals surface area contributed by atoms with E-state index < -0.39 is 39.7 Å². The fraction of sp³-hybridized carbons (Fsp3) is 0.889. The van der Waals surface area contributed by atoms with E-state index in [1.165, 1.54) is 45.4 Å². The van der Waals surface area contributed by atoms with E-state index in [1.54, 1.807) is 0 Å². The average molecular weight is 499 g/mol. The molecule has 0 saturated carbocycles. The molecule has 13 heteroatoms. The van der Waals surface area contributed by atoms with Crippen LogP contribution in [0, 0.1) is 0 Å². The Labute approximate surface area is 252 Å². The summed E-state index contributed by atoms with van der Waals surface area (Å²) in [6.07, 6.45) is 8.00. The number of unbranched alkanes of at least 4 members (excludes halogenated alkanes) is 9. The number of aliphatic carboxylic acids is 2. The molecule has 3 unspecified atom stereocenters. The Hall–Kier alpha value is 1.77. The quantitative estimate of drug-likeness (QED) is 0.109. The molecule has 0 rings (SSSR count). The fourth-order valence-corrected chi connectivity index (χ4v) is 3.50. The maximum absolute atomic E-state index is 11.2. The predicted octanol–water partition coefficient (Wildman–Crippen LogP) is 1.14. The zero-order valence-corrected chi connectivity index (χ0v) is 17.5. The van der Waals surface area contributed by atoms with Crippen LogP contribution in [0.4, 0.5) is 0 Å². The van der Waals surface area contributed by atoms with Crippen molar-refractivity contribution < 1.29 is 42.2 Å². The van der Waals surface area contributed by atoms with Gasteiger partial charge in [0.05, 0.1) is 0 Å². The molecule has 172 valence electrons. The fourth-order valence-electron chi connectivity index (χ4n) is 2.76. The van der Waals surface area contributed by atoms with E-state index in [0.717, 1.165) is 25.7 Å². The van der Waals surface area contributed by atoms with Gasteiger partial charge in [-0.2, -0.15) is 8.42 Å². The summed E-state index contributed by atoms with van der Waals surface area (Å²) in [4.78, 5) is 22.2. The molecule has 0 amide bonds. The monoisotopic (exact) mass is 498 g/mol. The molecule has 0 bridgehead atoms. The van der Waals surface area contributed by atoms with Crippen LogP contribution in [0.25, 0.3) is 0 Å². The van der Waals surface area contributed by atoms with Crippen molar-refractivity contribution in [1.82, 2.24) is 0 Å². The summed E-state index contributed by atoms with van der Waals surface area (Å²) in [5.41, 5.74) is 0. The third-order valence-electron chi connectivity index (χ3n) is 4.27. The number of hydrogen-bond donors (Lipinski definition) is 3. The van der Waals surface area contributed by atoms with Crippen molar-refractivity contribution in [2.75, 3.05) is 6.61 Å². The molecule has 0 fully saturated rings. The van der Waals surface area contributed by atoms with Crippen LogP contribution >= 0.6 is 0 Å². The van der Waals surface area contributed by atoms with E-state index in [-0.39, 0.29) is 95.3 Å². The SMILES string of the molecule is CCCCCCCCCCCCOC(C)OC(C(=O)O)C(C(=O)O)S(=O)(=O)O.[NaH].[NaH].[NaH]. The molecule has 0 aromatic carbocycles. The third-order valence-corrected chi connectivity index (χ3v) is 5.36. The number of carbonyl (C=O) groups is 2. The topological polar surface area (TPSA) is 147 Å². The Morgan fingerprint density at radius 1 is 0.806 bits per heavy atom. The zero-order chi connectivity index (χ0) is 21.6. The summed E-state index contributed by atoms with van der Waals surface area (Å²) >= 11 is 0. The summed E-state index contributed by atoms with van der Waals surface area (Å²) in [5, 5.41) is 15.3. The van der Waals surface area contributed by atoms with Gasteiger partial charge in [0.15, 0.2) is 12.4 Å². The van der Waals surface area contributed by atoms with Gasteiger partial charge in [0.25, 0.3) is 10.1 Å². The van der Waals surface area contributed by atoms with E-state index in [9.17, 15) is 18.0 Å². The molecule has 3 atom stereocenters. The second-order valence-electron chi connectivity index (χ2n) is 6.79. The first-order chi connectivity index (χ1) is 13.1. The first-order valence-corrected chi connectivity index (χ1v) is 11.3. The van der Waals surface area contributed by atoms with Gasteiger partial charge in [0.2, 0.25) is 5.25 Å². The molecule has 0 aromatic heterocycles. The Balaban J connectivity index is -0.00000121. The van der Waals surface area contributed by atoms with Crippen molar-refractivity contribution in [3.8, 4) is 0 Å².